The Morgan fingerprint density at radius 2 is 1.94 bits per heavy atom. The fourth-order valence-corrected chi connectivity index (χ4v) is 4.79. The number of hydrogen-bond acceptors (Lipinski definition) is 5. The summed E-state index contributed by atoms with van der Waals surface area (Å²) in [4.78, 5) is 9.22. The van der Waals surface area contributed by atoms with Crippen molar-refractivity contribution in [1.29, 1.82) is 0 Å². The third-order valence-electron chi connectivity index (χ3n) is 5.57. The van der Waals surface area contributed by atoms with Gasteiger partial charge in [-0.2, -0.15) is 0 Å². The van der Waals surface area contributed by atoms with E-state index in [4.69, 9.17) is 9.72 Å². The van der Waals surface area contributed by atoms with Gasteiger partial charge in [0.2, 0.25) is 0 Å². The second-order valence-corrected chi connectivity index (χ2v) is 9.03. The van der Waals surface area contributed by atoms with Crippen molar-refractivity contribution in [2.75, 3.05) is 25.3 Å². The number of methoxy groups -OCH3 is 1. The Labute approximate surface area is 184 Å². The van der Waals surface area contributed by atoms with Crippen molar-refractivity contribution in [2.45, 2.75) is 43.4 Å². The molecule has 2 aromatic heterocycles. The van der Waals surface area contributed by atoms with Crippen LogP contribution >= 0.6 is 0 Å². The van der Waals surface area contributed by atoms with Gasteiger partial charge in [0.05, 0.1) is 28.8 Å². The zero-order valence-corrected chi connectivity index (χ0v) is 18.6. The van der Waals surface area contributed by atoms with Crippen LogP contribution in [-0.2, 0) is 22.1 Å². The van der Waals surface area contributed by atoms with E-state index in [2.05, 4.69) is 10.3 Å². The number of benzene rings is 1. The number of imidazole rings is 1. The maximum atomic E-state index is 13.5. The summed E-state index contributed by atoms with van der Waals surface area (Å²) in [5.74, 6) is 0.503. The minimum atomic E-state index is -1.30. The van der Waals surface area contributed by atoms with E-state index in [0.29, 0.717) is 30.0 Å². The molecule has 1 unspecified atom stereocenters. The van der Waals surface area contributed by atoms with Gasteiger partial charge in [0.15, 0.2) is 5.16 Å². The molecule has 1 saturated carbocycles. The van der Waals surface area contributed by atoms with Crippen molar-refractivity contribution in [2.24, 2.45) is 0 Å². The van der Waals surface area contributed by atoms with E-state index in [1.54, 1.807) is 31.7 Å². The van der Waals surface area contributed by atoms with E-state index in [0.717, 1.165) is 35.5 Å². The van der Waals surface area contributed by atoms with E-state index in [1.165, 1.54) is 25.0 Å². The van der Waals surface area contributed by atoms with Crippen molar-refractivity contribution in [1.82, 2.24) is 14.5 Å². The largest absolute Gasteiger partial charge is 0.383 e. The smallest absolute Gasteiger partial charge is 0.199 e. The topological polar surface area (TPSA) is 69.0 Å². The van der Waals surface area contributed by atoms with Crippen LogP contribution in [-0.4, -0.2) is 44.8 Å². The zero-order chi connectivity index (χ0) is 21.8. The summed E-state index contributed by atoms with van der Waals surface area (Å²) in [6, 6.07) is 10.6. The number of anilines is 1. The first-order chi connectivity index (χ1) is 15.1. The SMILES string of the molecule is COCCn1c(S(C)=O)nc(-c2ccc(F)cc2)c1-c1ccnc(NC2CCCC2)c1. The Bertz CT molecular complexity index is 1060. The Morgan fingerprint density at radius 1 is 1.19 bits per heavy atom. The first kappa shape index (κ1) is 21.6. The van der Waals surface area contributed by atoms with E-state index in [9.17, 15) is 8.60 Å². The molecule has 0 amide bonds. The van der Waals surface area contributed by atoms with Crippen LogP contribution in [0.5, 0.6) is 0 Å². The van der Waals surface area contributed by atoms with E-state index in [-0.39, 0.29) is 5.82 Å². The molecule has 1 N–H and O–H groups in total. The summed E-state index contributed by atoms with van der Waals surface area (Å²) in [7, 11) is 0.332. The lowest BCUT2D eigenvalue weighted by Crippen LogP contribution is -2.15. The number of pyridine rings is 1. The minimum absolute atomic E-state index is 0.310. The molecule has 1 fully saturated rings. The molecule has 8 heteroatoms. The highest BCUT2D eigenvalue weighted by atomic mass is 32.2. The molecule has 3 aromatic rings. The normalized spacial score (nSPS) is 15.3. The van der Waals surface area contributed by atoms with Gasteiger partial charge >= 0.3 is 0 Å². The highest BCUT2D eigenvalue weighted by molar-refractivity contribution is 7.84. The molecule has 0 saturated heterocycles. The van der Waals surface area contributed by atoms with Crippen LogP contribution in [0.3, 0.4) is 0 Å². The Balaban J connectivity index is 1.84. The number of nitrogens with zero attached hydrogens (tertiary/aromatic N) is 3. The molecule has 1 aliphatic rings. The molecule has 0 radical (unpaired) electrons. The average Bonchev–Trinajstić information content (AvgIpc) is 3.41. The first-order valence-corrected chi connectivity index (χ1v) is 12.0. The lowest BCUT2D eigenvalue weighted by atomic mass is 10.1. The van der Waals surface area contributed by atoms with Crippen molar-refractivity contribution in [3.8, 4) is 22.5 Å². The molecule has 2 heterocycles. The molecule has 1 aliphatic carbocycles. The second-order valence-electron chi connectivity index (χ2n) is 7.75. The van der Waals surface area contributed by atoms with Crippen LogP contribution in [0.2, 0.25) is 0 Å². The second kappa shape index (κ2) is 9.70. The van der Waals surface area contributed by atoms with Crippen LogP contribution in [0.1, 0.15) is 25.7 Å². The van der Waals surface area contributed by atoms with Gasteiger partial charge in [-0.3, -0.25) is 4.21 Å². The maximum Gasteiger partial charge on any atom is 0.199 e. The Hall–Kier alpha value is -2.58. The van der Waals surface area contributed by atoms with Crippen LogP contribution < -0.4 is 5.32 Å². The number of hydrogen-bond donors (Lipinski definition) is 1. The molecule has 0 spiro atoms. The van der Waals surface area contributed by atoms with Gasteiger partial charge in [-0.1, -0.05) is 12.8 Å². The maximum absolute atomic E-state index is 13.5. The van der Waals surface area contributed by atoms with E-state index < -0.39 is 10.8 Å². The third-order valence-corrected chi connectivity index (χ3v) is 6.39. The third kappa shape index (κ3) is 4.85. The number of ether oxygens (including phenoxy) is 1. The van der Waals surface area contributed by atoms with Crippen molar-refractivity contribution >= 4 is 16.6 Å². The van der Waals surface area contributed by atoms with Crippen molar-refractivity contribution in [3.63, 3.8) is 0 Å². The Morgan fingerprint density at radius 3 is 2.61 bits per heavy atom. The summed E-state index contributed by atoms with van der Waals surface area (Å²) >= 11 is 0. The summed E-state index contributed by atoms with van der Waals surface area (Å²) in [5, 5.41) is 4.00. The fourth-order valence-electron chi connectivity index (χ4n) is 4.08. The molecular formula is C23H27FN4O2S. The van der Waals surface area contributed by atoms with Gasteiger partial charge in [0.1, 0.15) is 11.6 Å². The van der Waals surface area contributed by atoms with E-state index >= 15 is 0 Å². The lowest BCUT2D eigenvalue weighted by molar-refractivity contribution is 0.185. The Kier molecular flexibility index (Phi) is 6.77. The molecule has 4 rings (SSSR count). The summed E-state index contributed by atoms with van der Waals surface area (Å²) in [6.07, 6.45) is 8.17. The van der Waals surface area contributed by atoms with Gasteiger partial charge in [-0.15, -0.1) is 0 Å². The van der Waals surface area contributed by atoms with Gasteiger partial charge in [-0.25, -0.2) is 14.4 Å². The van der Waals surface area contributed by atoms with Crippen LogP contribution in [0, 0.1) is 5.82 Å². The summed E-state index contributed by atoms with van der Waals surface area (Å²) < 4.78 is 33.3. The highest BCUT2D eigenvalue weighted by Gasteiger charge is 2.23. The molecule has 1 aromatic carbocycles. The predicted molar refractivity (Wildman–Crippen MR) is 121 cm³/mol. The average molecular weight is 443 g/mol. The van der Waals surface area contributed by atoms with Crippen LogP contribution in [0.25, 0.3) is 22.5 Å². The van der Waals surface area contributed by atoms with E-state index in [1.807, 2.05) is 16.7 Å². The molecule has 1 atom stereocenters. The first-order valence-electron chi connectivity index (χ1n) is 10.5. The molecule has 31 heavy (non-hydrogen) atoms. The van der Waals surface area contributed by atoms with Gasteiger partial charge in [0.25, 0.3) is 0 Å². The molecular weight excluding hydrogens is 415 g/mol. The highest BCUT2D eigenvalue weighted by Crippen LogP contribution is 2.35. The quantitative estimate of drug-likeness (QED) is 0.557. The van der Waals surface area contributed by atoms with Gasteiger partial charge < -0.3 is 14.6 Å². The van der Waals surface area contributed by atoms with Gasteiger partial charge in [-0.05, 0) is 49.2 Å². The lowest BCUT2D eigenvalue weighted by Gasteiger charge is -2.15. The number of nitrogens with one attached hydrogen (secondary N) is 1. The zero-order valence-electron chi connectivity index (χ0n) is 17.8. The van der Waals surface area contributed by atoms with Crippen LogP contribution in [0.4, 0.5) is 10.2 Å². The minimum Gasteiger partial charge on any atom is -0.383 e. The number of halogens is 1. The molecule has 0 bridgehead atoms. The van der Waals surface area contributed by atoms with Gasteiger partial charge in [0, 0.05) is 43.3 Å². The summed E-state index contributed by atoms with van der Waals surface area (Å²) in [6.45, 7) is 0.956. The molecule has 164 valence electrons. The number of rotatable bonds is 8. The predicted octanol–water partition coefficient (Wildman–Crippen LogP) is 4.49. The van der Waals surface area contributed by atoms with Crippen molar-refractivity contribution < 1.29 is 13.3 Å². The fraction of sp³-hybridized carbons (Fsp3) is 0.391. The van der Waals surface area contributed by atoms with Crippen molar-refractivity contribution in [3.05, 3.63) is 48.4 Å². The standard InChI is InChI=1S/C23H27FN4O2S/c1-30-14-13-28-22(17-11-12-25-20(15-17)26-19-5-3-4-6-19)21(27-23(28)31(2)29)16-7-9-18(24)10-8-16/h7-12,15,19H,3-6,13-14H2,1-2H3,(H,25,26). The number of aromatic nitrogens is 3. The summed E-state index contributed by atoms with van der Waals surface area (Å²) in [5.41, 5.74) is 3.17. The monoisotopic (exact) mass is 442 g/mol. The molecule has 0 aliphatic heterocycles. The van der Waals surface area contributed by atoms with Crippen LogP contribution in [0.15, 0.2) is 47.8 Å². The molecule has 6 nitrogen and oxygen atoms in total.